The highest BCUT2D eigenvalue weighted by Crippen LogP contribution is 2.35. The molecule has 0 bridgehead atoms. The van der Waals surface area contributed by atoms with Gasteiger partial charge in [0.05, 0.1) is 20.8 Å². The van der Waals surface area contributed by atoms with Gasteiger partial charge in [-0.3, -0.25) is 0 Å². The summed E-state index contributed by atoms with van der Waals surface area (Å²) in [6, 6.07) is 11.4. The van der Waals surface area contributed by atoms with Crippen molar-refractivity contribution in [2.75, 3.05) is 27.6 Å². The average molecular weight is 382 g/mol. The Bertz CT molecular complexity index is 895. The van der Waals surface area contributed by atoms with Crippen molar-refractivity contribution in [2.24, 2.45) is 5.92 Å². The Morgan fingerprint density at radius 2 is 1.75 bits per heavy atom. The lowest BCUT2D eigenvalue weighted by molar-refractivity contribution is -0.142. The number of carbonyl (C=O) groups is 1. The van der Waals surface area contributed by atoms with Gasteiger partial charge in [-0.15, -0.1) is 0 Å². The normalized spacial score (nSPS) is 19.4. The average Bonchev–Trinajstić information content (AvgIpc) is 3.18. The number of hydrogen-bond donors (Lipinski definition) is 0. The number of fused-ring (bicyclic) bond motifs is 1. The van der Waals surface area contributed by atoms with Crippen LogP contribution in [0.2, 0.25) is 0 Å². The molecular weight excluding hydrogens is 360 g/mol. The van der Waals surface area contributed by atoms with Crippen LogP contribution in [0.5, 0.6) is 23.0 Å². The van der Waals surface area contributed by atoms with Crippen molar-refractivity contribution < 1.29 is 28.5 Å². The molecule has 6 heteroatoms. The minimum Gasteiger partial charge on any atom is -0.497 e. The topological polar surface area (TPSA) is 63.2 Å². The van der Waals surface area contributed by atoms with Crippen LogP contribution in [-0.2, 0) is 16.0 Å². The molecule has 0 N–H and O–H groups in total. The van der Waals surface area contributed by atoms with E-state index in [2.05, 4.69) is 0 Å². The fourth-order valence-corrected chi connectivity index (χ4v) is 3.53. The molecule has 4 rings (SSSR count). The molecule has 2 aliphatic heterocycles. The van der Waals surface area contributed by atoms with Gasteiger partial charge >= 0.3 is 5.97 Å². The van der Waals surface area contributed by atoms with Crippen LogP contribution < -0.4 is 18.9 Å². The highest BCUT2D eigenvalue weighted by atomic mass is 16.7. The van der Waals surface area contributed by atoms with Gasteiger partial charge in [-0.2, -0.15) is 0 Å². The molecule has 1 atom stereocenters. The van der Waals surface area contributed by atoms with Crippen LogP contribution in [0.15, 0.2) is 42.0 Å². The minimum atomic E-state index is -0.279. The van der Waals surface area contributed by atoms with Gasteiger partial charge in [0.25, 0.3) is 0 Å². The van der Waals surface area contributed by atoms with E-state index in [9.17, 15) is 4.79 Å². The Morgan fingerprint density at radius 3 is 2.50 bits per heavy atom. The van der Waals surface area contributed by atoms with Crippen LogP contribution in [0.25, 0.3) is 6.08 Å². The summed E-state index contributed by atoms with van der Waals surface area (Å²) < 4.78 is 26.8. The summed E-state index contributed by atoms with van der Waals surface area (Å²) in [6.07, 6.45) is 3.36. The lowest BCUT2D eigenvalue weighted by Crippen LogP contribution is -2.25. The van der Waals surface area contributed by atoms with Gasteiger partial charge in [0.1, 0.15) is 11.5 Å². The van der Waals surface area contributed by atoms with Gasteiger partial charge in [0.2, 0.25) is 6.79 Å². The molecule has 146 valence electrons. The Morgan fingerprint density at radius 1 is 1.00 bits per heavy atom. The summed E-state index contributed by atoms with van der Waals surface area (Å²) in [6.45, 7) is 0.671. The summed E-state index contributed by atoms with van der Waals surface area (Å²) in [5, 5.41) is 0. The zero-order chi connectivity index (χ0) is 19.5. The Hall–Kier alpha value is -3.15. The molecule has 1 unspecified atom stereocenters. The number of esters is 1. The quantitative estimate of drug-likeness (QED) is 0.581. The SMILES string of the molecule is COc1cc(/C=C2/C(=O)OCCC2Cc2ccc3c(c2)OCO3)cc(OC)c1. The highest BCUT2D eigenvalue weighted by molar-refractivity contribution is 5.95. The van der Waals surface area contributed by atoms with Crippen LogP contribution in [-0.4, -0.2) is 33.6 Å². The smallest absolute Gasteiger partial charge is 0.334 e. The molecule has 0 amide bonds. The van der Waals surface area contributed by atoms with Crippen molar-refractivity contribution in [2.45, 2.75) is 12.8 Å². The molecule has 0 aromatic heterocycles. The molecule has 2 aromatic carbocycles. The van der Waals surface area contributed by atoms with E-state index in [4.69, 9.17) is 23.7 Å². The van der Waals surface area contributed by atoms with Crippen LogP contribution in [0.4, 0.5) is 0 Å². The first-order valence-corrected chi connectivity index (χ1v) is 9.16. The van der Waals surface area contributed by atoms with Gasteiger partial charge in [0.15, 0.2) is 11.5 Å². The molecule has 0 aliphatic carbocycles. The monoisotopic (exact) mass is 382 g/mol. The van der Waals surface area contributed by atoms with Crippen molar-refractivity contribution in [3.8, 4) is 23.0 Å². The predicted octanol–water partition coefficient (Wildman–Crippen LogP) is 3.62. The fourth-order valence-electron chi connectivity index (χ4n) is 3.53. The number of cyclic esters (lactones) is 1. The van der Waals surface area contributed by atoms with Gasteiger partial charge < -0.3 is 23.7 Å². The third-order valence-corrected chi connectivity index (χ3v) is 4.99. The van der Waals surface area contributed by atoms with Crippen molar-refractivity contribution >= 4 is 12.0 Å². The Kier molecular flexibility index (Phi) is 5.10. The van der Waals surface area contributed by atoms with Gasteiger partial charge in [0, 0.05) is 11.6 Å². The summed E-state index contributed by atoms with van der Waals surface area (Å²) in [5.41, 5.74) is 2.58. The zero-order valence-corrected chi connectivity index (χ0v) is 15.9. The fraction of sp³-hybridized carbons (Fsp3) is 0.318. The number of carbonyl (C=O) groups excluding carboxylic acids is 1. The van der Waals surface area contributed by atoms with E-state index in [0.29, 0.717) is 23.7 Å². The molecule has 2 heterocycles. The lowest BCUT2D eigenvalue weighted by Gasteiger charge is -2.25. The molecule has 1 saturated heterocycles. The Labute approximate surface area is 163 Å². The molecular formula is C22H22O6. The van der Waals surface area contributed by atoms with E-state index in [1.54, 1.807) is 20.3 Å². The lowest BCUT2D eigenvalue weighted by atomic mass is 9.86. The highest BCUT2D eigenvalue weighted by Gasteiger charge is 2.28. The standard InChI is InChI=1S/C22H22O6/c1-24-17-8-15(9-18(12-17)25-2)10-19-16(5-6-26-22(19)23)7-14-3-4-20-21(11-14)28-13-27-20/h3-4,8-12,16H,5-7,13H2,1-2H3/b19-10+. The van der Waals surface area contributed by atoms with Crippen LogP contribution in [0.1, 0.15) is 17.5 Å². The predicted molar refractivity (Wildman–Crippen MR) is 103 cm³/mol. The van der Waals surface area contributed by atoms with Gasteiger partial charge in [-0.25, -0.2) is 4.79 Å². The maximum Gasteiger partial charge on any atom is 0.334 e. The minimum absolute atomic E-state index is 0.0545. The molecule has 28 heavy (non-hydrogen) atoms. The van der Waals surface area contributed by atoms with Crippen molar-refractivity contribution in [3.63, 3.8) is 0 Å². The maximum absolute atomic E-state index is 12.5. The second-order valence-electron chi connectivity index (χ2n) is 6.76. The number of benzene rings is 2. The number of ether oxygens (including phenoxy) is 5. The third kappa shape index (κ3) is 3.76. The number of rotatable bonds is 5. The van der Waals surface area contributed by atoms with E-state index < -0.39 is 0 Å². The third-order valence-electron chi connectivity index (χ3n) is 4.99. The summed E-state index contributed by atoms with van der Waals surface area (Å²) in [7, 11) is 3.20. The first kappa shape index (κ1) is 18.2. The summed E-state index contributed by atoms with van der Waals surface area (Å²) in [4.78, 5) is 12.5. The van der Waals surface area contributed by atoms with E-state index in [-0.39, 0.29) is 18.7 Å². The molecule has 0 spiro atoms. The molecule has 1 fully saturated rings. The van der Waals surface area contributed by atoms with Crippen LogP contribution >= 0.6 is 0 Å². The van der Waals surface area contributed by atoms with Gasteiger partial charge in [-0.1, -0.05) is 6.07 Å². The molecule has 6 nitrogen and oxygen atoms in total. The van der Waals surface area contributed by atoms with Crippen molar-refractivity contribution in [3.05, 3.63) is 53.1 Å². The van der Waals surface area contributed by atoms with E-state index in [1.165, 1.54) is 0 Å². The first-order chi connectivity index (χ1) is 13.7. The summed E-state index contributed by atoms with van der Waals surface area (Å²) in [5.74, 6) is 2.62. The first-order valence-electron chi connectivity index (χ1n) is 9.16. The second-order valence-corrected chi connectivity index (χ2v) is 6.76. The largest absolute Gasteiger partial charge is 0.497 e. The van der Waals surface area contributed by atoms with E-state index in [1.807, 2.05) is 36.4 Å². The molecule has 0 radical (unpaired) electrons. The molecule has 2 aliphatic rings. The van der Waals surface area contributed by atoms with Crippen molar-refractivity contribution in [1.82, 2.24) is 0 Å². The van der Waals surface area contributed by atoms with Crippen molar-refractivity contribution in [1.29, 1.82) is 0 Å². The van der Waals surface area contributed by atoms with Crippen LogP contribution in [0.3, 0.4) is 0 Å². The Balaban J connectivity index is 1.63. The maximum atomic E-state index is 12.5. The number of methoxy groups -OCH3 is 2. The molecule has 0 saturated carbocycles. The van der Waals surface area contributed by atoms with E-state index >= 15 is 0 Å². The summed E-state index contributed by atoms with van der Waals surface area (Å²) >= 11 is 0. The van der Waals surface area contributed by atoms with E-state index in [0.717, 1.165) is 35.5 Å². The molecule has 2 aromatic rings. The number of hydrogen-bond acceptors (Lipinski definition) is 6. The zero-order valence-electron chi connectivity index (χ0n) is 15.9. The van der Waals surface area contributed by atoms with Gasteiger partial charge in [-0.05, 0) is 60.2 Å². The second kappa shape index (κ2) is 7.84. The van der Waals surface area contributed by atoms with Crippen LogP contribution in [0, 0.1) is 5.92 Å².